The van der Waals surface area contributed by atoms with E-state index < -0.39 is 17.9 Å². The normalized spacial score (nSPS) is 21.5. The maximum Gasteiger partial charge on any atom is 0.246 e. The molecule has 0 spiro atoms. The van der Waals surface area contributed by atoms with Crippen LogP contribution in [0.15, 0.2) is 41.8 Å². The van der Waals surface area contributed by atoms with Crippen LogP contribution in [0.25, 0.3) is 0 Å². The summed E-state index contributed by atoms with van der Waals surface area (Å²) >= 11 is 1.35. The van der Waals surface area contributed by atoms with Crippen LogP contribution >= 0.6 is 11.3 Å². The molecule has 2 N–H and O–H groups in total. The Morgan fingerprint density at radius 1 is 1.17 bits per heavy atom. The fraction of sp³-hybridized carbons (Fsp3) is 0.462. The Bertz CT molecular complexity index is 1100. The first-order chi connectivity index (χ1) is 16.9. The number of benzene rings is 1. The van der Waals surface area contributed by atoms with Gasteiger partial charge in [-0.1, -0.05) is 12.2 Å². The van der Waals surface area contributed by atoms with E-state index in [2.05, 4.69) is 21.7 Å². The number of nitrogens with zero attached hydrogens (tertiary/aromatic N) is 2. The molecule has 0 radical (unpaired) electrons. The van der Waals surface area contributed by atoms with E-state index >= 15 is 0 Å². The van der Waals surface area contributed by atoms with Crippen molar-refractivity contribution in [2.24, 2.45) is 5.92 Å². The lowest BCUT2D eigenvalue weighted by atomic mass is 9.88. The number of hydrogen-bond donors (Lipinski definition) is 2. The number of aromatic nitrogens is 1. The number of carbonyl (C=O) groups excluding carboxylic acids is 3. The van der Waals surface area contributed by atoms with E-state index in [9.17, 15) is 18.8 Å². The molecule has 0 saturated carbocycles. The minimum absolute atomic E-state index is 0.0579. The molecule has 2 heterocycles. The van der Waals surface area contributed by atoms with Crippen LogP contribution in [0.4, 0.5) is 4.39 Å². The summed E-state index contributed by atoms with van der Waals surface area (Å²) < 4.78 is 13.2. The van der Waals surface area contributed by atoms with E-state index in [1.54, 1.807) is 19.4 Å². The van der Waals surface area contributed by atoms with Gasteiger partial charge in [0.25, 0.3) is 0 Å². The topological polar surface area (TPSA) is 91.4 Å². The molecule has 0 bridgehead atoms. The highest BCUT2D eigenvalue weighted by Crippen LogP contribution is 2.36. The summed E-state index contributed by atoms with van der Waals surface area (Å²) in [5.74, 6) is -1.05. The van der Waals surface area contributed by atoms with Gasteiger partial charge in [0.15, 0.2) is 0 Å². The maximum absolute atomic E-state index is 13.8. The zero-order valence-electron chi connectivity index (χ0n) is 20.0. The number of carbonyl (C=O) groups is 3. The summed E-state index contributed by atoms with van der Waals surface area (Å²) in [5, 5.41) is 8.32. The molecule has 2 aliphatic rings. The zero-order chi connectivity index (χ0) is 24.9. The third-order valence-corrected chi connectivity index (χ3v) is 7.74. The summed E-state index contributed by atoms with van der Waals surface area (Å²) in [6.07, 6.45) is 8.50. The molecule has 1 aliphatic heterocycles. The van der Waals surface area contributed by atoms with Crippen molar-refractivity contribution in [2.75, 3.05) is 13.6 Å². The van der Waals surface area contributed by atoms with Gasteiger partial charge < -0.3 is 15.5 Å². The number of halogens is 1. The van der Waals surface area contributed by atoms with Crippen LogP contribution in [0.3, 0.4) is 0 Å². The van der Waals surface area contributed by atoms with Crippen molar-refractivity contribution in [3.63, 3.8) is 0 Å². The summed E-state index contributed by atoms with van der Waals surface area (Å²) in [4.78, 5) is 45.7. The van der Waals surface area contributed by atoms with Gasteiger partial charge in [-0.2, -0.15) is 0 Å². The molecule has 35 heavy (non-hydrogen) atoms. The van der Waals surface area contributed by atoms with Crippen LogP contribution in [0.1, 0.15) is 66.1 Å². The maximum atomic E-state index is 13.8. The first-order valence-corrected chi connectivity index (χ1v) is 13.0. The van der Waals surface area contributed by atoms with Gasteiger partial charge in [-0.15, -0.1) is 11.3 Å². The molecule has 7 nitrogen and oxygen atoms in total. The van der Waals surface area contributed by atoms with E-state index in [4.69, 9.17) is 0 Å². The standard InChI is InChI=1S/C26H31FN4O3S/c1-16(28-2)24(33)30-22(17-7-4-3-5-8-17)26(34)31-14-6-9-21(31)25-29-20(15-35-25)23(32)18-10-12-19(27)13-11-18/h4,7,10-13,15-17,21-22,28H,3,5-6,8-9,14H2,1-2H3,(H,30,33)/t16-,17?,21-,22-/m0/s1. The number of amides is 2. The molecule has 186 valence electrons. The fourth-order valence-electron chi connectivity index (χ4n) is 4.64. The number of likely N-dealkylation sites (N-methyl/N-ethyl adjacent to an activating group) is 1. The summed E-state index contributed by atoms with van der Waals surface area (Å²) in [6.45, 7) is 2.34. The molecule has 1 aromatic heterocycles. The molecular weight excluding hydrogens is 467 g/mol. The number of nitrogens with one attached hydrogen (secondary N) is 2. The van der Waals surface area contributed by atoms with E-state index in [0.29, 0.717) is 22.8 Å². The van der Waals surface area contributed by atoms with Gasteiger partial charge in [-0.25, -0.2) is 9.37 Å². The third kappa shape index (κ3) is 5.67. The van der Waals surface area contributed by atoms with Crippen LogP contribution in [-0.4, -0.2) is 53.2 Å². The highest BCUT2D eigenvalue weighted by atomic mass is 32.1. The predicted octanol–water partition coefficient (Wildman–Crippen LogP) is 3.63. The molecule has 2 aromatic rings. The Morgan fingerprint density at radius 2 is 1.94 bits per heavy atom. The van der Waals surface area contributed by atoms with Crippen molar-refractivity contribution in [1.82, 2.24) is 20.5 Å². The molecule has 2 amide bonds. The lowest BCUT2D eigenvalue weighted by Crippen LogP contribution is -2.55. The molecule has 4 atom stereocenters. The average molecular weight is 499 g/mol. The van der Waals surface area contributed by atoms with Gasteiger partial charge >= 0.3 is 0 Å². The lowest BCUT2D eigenvalue weighted by Gasteiger charge is -2.33. The molecule has 1 saturated heterocycles. The van der Waals surface area contributed by atoms with Gasteiger partial charge in [0.1, 0.15) is 22.6 Å². The van der Waals surface area contributed by atoms with Crippen molar-refractivity contribution >= 4 is 28.9 Å². The number of rotatable bonds is 8. The van der Waals surface area contributed by atoms with E-state index in [-0.39, 0.29) is 29.6 Å². The van der Waals surface area contributed by atoms with Crippen molar-refractivity contribution in [3.05, 3.63) is 63.9 Å². The number of thiazole rings is 1. The number of likely N-dealkylation sites (tertiary alicyclic amines) is 1. The third-order valence-electron chi connectivity index (χ3n) is 6.79. The Balaban J connectivity index is 1.54. The molecule has 9 heteroatoms. The molecular formula is C26H31FN4O3S. The van der Waals surface area contributed by atoms with Gasteiger partial charge in [-0.05, 0) is 70.3 Å². The molecule has 4 rings (SSSR count). The zero-order valence-corrected chi connectivity index (χ0v) is 20.8. The molecule has 1 fully saturated rings. The second-order valence-corrected chi connectivity index (χ2v) is 10.0. The lowest BCUT2D eigenvalue weighted by molar-refractivity contribution is -0.138. The Hall–Kier alpha value is -2.91. The minimum atomic E-state index is -0.643. The van der Waals surface area contributed by atoms with Gasteiger partial charge in [0, 0.05) is 23.4 Å². The monoisotopic (exact) mass is 498 g/mol. The van der Waals surface area contributed by atoms with Crippen LogP contribution in [0.5, 0.6) is 0 Å². The number of ketones is 1. The molecule has 1 aliphatic carbocycles. The fourth-order valence-corrected chi connectivity index (χ4v) is 5.58. The van der Waals surface area contributed by atoms with Crippen LogP contribution in [0, 0.1) is 11.7 Å². The van der Waals surface area contributed by atoms with Crippen molar-refractivity contribution in [2.45, 2.75) is 57.2 Å². The predicted molar refractivity (Wildman–Crippen MR) is 133 cm³/mol. The SMILES string of the molecule is CN[C@@H](C)C(=O)N[C@H](C(=O)N1CCC[C@H]1c1nc(C(=O)c2ccc(F)cc2)cs1)C1C=CCCC1. The first-order valence-electron chi connectivity index (χ1n) is 12.1. The number of hydrogen-bond acceptors (Lipinski definition) is 6. The quantitative estimate of drug-likeness (QED) is 0.429. The van der Waals surface area contributed by atoms with Crippen LogP contribution in [-0.2, 0) is 9.59 Å². The van der Waals surface area contributed by atoms with Crippen molar-refractivity contribution in [3.8, 4) is 0 Å². The van der Waals surface area contributed by atoms with E-state index in [0.717, 1.165) is 32.1 Å². The number of allylic oxidation sites excluding steroid dienone is 1. The minimum Gasteiger partial charge on any atom is -0.342 e. The Kier molecular flexibility index (Phi) is 8.07. The summed E-state index contributed by atoms with van der Waals surface area (Å²) in [6, 6.07) is 4.10. The van der Waals surface area contributed by atoms with E-state index in [1.807, 2.05) is 11.0 Å². The highest BCUT2D eigenvalue weighted by molar-refractivity contribution is 7.10. The second-order valence-electron chi connectivity index (χ2n) is 9.12. The summed E-state index contributed by atoms with van der Waals surface area (Å²) in [7, 11) is 1.71. The smallest absolute Gasteiger partial charge is 0.246 e. The molecule has 1 unspecified atom stereocenters. The molecule has 1 aromatic carbocycles. The van der Waals surface area contributed by atoms with Crippen LogP contribution in [0.2, 0.25) is 0 Å². The van der Waals surface area contributed by atoms with Gasteiger partial charge in [0.05, 0.1) is 12.1 Å². The Morgan fingerprint density at radius 3 is 2.63 bits per heavy atom. The van der Waals surface area contributed by atoms with Gasteiger partial charge in [0.2, 0.25) is 17.6 Å². The summed E-state index contributed by atoms with van der Waals surface area (Å²) in [5.41, 5.74) is 0.659. The second kappa shape index (κ2) is 11.2. The van der Waals surface area contributed by atoms with Gasteiger partial charge in [-0.3, -0.25) is 14.4 Å². The Labute approximate surface area is 208 Å². The van der Waals surface area contributed by atoms with E-state index in [1.165, 1.54) is 35.6 Å². The van der Waals surface area contributed by atoms with Crippen molar-refractivity contribution < 1.29 is 18.8 Å². The average Bonchev–Trinajstić information content (AvgIpc) is 3.56. The first kappa shape index (κ1) is 25.2. The van der Waals surface area contributed by atoms with Crippen LogP contribution < -0.4 is 10.6 Å². The highest BCUT2D eigenvalue weighted by Gasteiger charge is 2.39. The van der Waals surface area contributed by atoms with Crippen molar-refractivity contribution in [1.29, 1.82) is 0 Å². The largest absolute Gasteiger partial charge is 0.342 e.